The lowest BCUT2D eigenvalue weighted by Crippen LogP contribution is -2.50. The molecule has 0 bridgehead atoms. The van der Waals surface area contributed by atoms with E-state index in [1.54, 1.807) is 21.3 Å². The van der Waals surface area contributed by atoms with Crippen LogP contribution in [0.4, 0.5) is 0 Å². The van der Waals surface area contributed by atoms with Crippen LogP contribution in [0.5, 0.6) is 0 Å². The van der Waals surface area contributed by atoms with Crippen LogP contribution < -0.4 is 10.6 Å². The first kappa shape index (κ1) is 21.1. The molecule has 9 heteroatoms. The van der Waals surface area contributed by atoms with Gasteiger partial charge in [-0.15, -0.1) is 24.0 Å². The molecule has 24 heavy (non-hydrogen) atoms. The number of nitrogens with one attached hydrogen (secondary N) is 2. The maximum atomic E-state index is 5.42. The van der Waals surface area contributed by atoms with Gasteiger partial charge >= 0.3 is 0 Å². The zero-order chi connectivity index (χ0) is 16.9. The monoisotopic (exact) mass is 452 g/mol. The van der Waals surface area contributed by atoms with Gasteiger partial charge in [0, 0.05) is 40.3 Å². The van der Waals surface area contributed by atoms with Crippen molar-refractivity contribution in [3.63, 3.8) is 0 Å². The van der Waals surface area contributed by atoms with Crippen molar-refractivity contribution in [1.82, 2.24) is 25.4 Å². The summed E-state index contributed by atoms with van der Waals surface area (Å²) in [4.78, 5) is 8.77. The number of ether oxygens (including phenoxy) is 2. The molecule has 0 radical (unpaired) electrons. The van der Waals surface area contributed by atoms with Crippen LogP contribution in [-0.4, -0.2) is 60.2 Å². The Labute approximate surface area is 160 Å². The Morgan fingerprint density at radius 1 is 1.42 bits per heavy atom. The summed E-state index contributed by atoms with van der Waals surface area (Å²) < 4.78 is 12.5. The van der Waals surface area contributed by atoms with Gasteiger partial charge in [0.05, 0.1) is 12.1 Å². The van der Waals surface area contributed by atoms with Gasteiger partial charge < -0.3 is 20.1 Å². The summed E-state index contributed by atoms with van der Waals surface area (Å²) in [5, 5.41) is 11.2. The molecule has 1 aromatic rings. The van der Waals surface area contributed by atoms with Crippen molar-refractivity contribution >= 4 is 29.9 Å². The lowest BCUT2D eigenvalue weighted by atomic mass is 10.1. The highest BCUT2D eigenvalue weighted by atomic mass is 127. The van der Waals surface area contributed by atoms with E-state index in [2.05, 4.69) is 25.7 Å². The largest absolute Gasteiger partial charge is 0.377 e. The van der Waals surface area contributed by atoms with Crippen LogP contribution in [0.2, 0.25) is 0 Å². The number of aryl methyl sites for hydroxylation is 1. The summed E-state index contributed by atoms with van der Waals surface area (Å²) in [5.74, 6) is 2.55. The van der Waals surface area contributed by atoms with E-state index >= 15 is 0 Å². The second-order valence-corrected chi connectivity index (χ2v) is 6.33. The van der Waals surface area contributed by atoms with Crippen molar-refractivity contribution in [3.05, 3.63) is 11.6 Å². The average molecular weight is 452 g/mol. The maximum Gasteiger partial charge on any atom is 0.191 e. The van der Waals surface area contributed by atoms with Gasteiger partial charge in [-0.25, -0.2) is 9.67 Å². The van der Waals surface area contributed by atoms with E-state index in [9.17, 15) is 0 Å². The number of nitrogens with zero attached hydrogens (tertiary/aromatic N) is 4. The highest BCUT2D eigenvalue weighted by Crippen LogP contribution is 2.13. The lowest BCUT2D eigenvalue weighted by Gasteiger charge is -2.28. The second-order valence-electron chi connectivity index (χ2n) is 6.33. The number of rotatable bonds is 6. The third-order valence-corrected chi connectivity index (χ3v) is 3.97. The first-order valence-electron chi connectivity index (χ1n) is 7.91. The maximum absolute atomic E-state index is 5.42. The fraction of sp³-hybridized carbons (Fsp3) is 0.800. The summed E-state index contributed by atoms with van der Waals surface area (Å²) in [6.07, 6.45) is 1.90. The SMILES string of the molecule is CN=C(NCC(C)(C)OC)NC1CCc2nc(COC)nn2C1.I. The Morgan fingerprint density at radius 2 is 2.17 bits per heavy atom. The Hall–Kier alpha value is -0.940. The number of aliphatic imine (C=N–C) groups is 1. The third-order valence-electron chi connectivity index (χ3n) is 3.97. The lowest BCUT2D eigenvalue weighted by molar-refractivity contribution is 0.0267. The molecular weight excluding hydrogens is 423 g/mol. The molecule has 138 valence electrons. The highest BCUT2D eigenvalue weighted by Gasteiger charge is 2.23. The average Bonchev–Trinajstić information content (AvgIpc) is 2.93. The van der Waals surface area contributed by atoms with Gasteiger partial charge in [-0.05, 0) is 20.3 Å². The van der Waals surface area contributed by atoms with Crippen molar-refractivity contribution < 1.29 is 9.47 Å². The molecule has 1 aromatic heterocycles. The van der Waals surface area contributed by atoms with Gasteiger partial charge in [-0.2, -0.15) is 5.10 Å². The molecule has 8 nitrogen and oxygen atoms in total. The quantitative estimate of drug-likeness (QED) is 0.380. The number of hydrogen-bond donors (Lipinski definition) is 2. The molecule has 2 N–H and O–H groups in total. The number of aromatic nitrogens is 3. The van der Waals surface area contributed by atoms with Crippen molar-refractivity contribution in [2.75, 3.05) is 27.8 Å². The Balaban J connectivity index is 0.00000288. The molecule has 1 atom stereocenters. The van der Waals surface area contributed by atoms with Crippen LogP contribution in [-0.2, 0) is 29.0 Å². The van der Waals surface area contributed by atoms with Crippen molar-refractivity contribution in [2.24, 2.45) is 4.99 Å². The summed E-state index contributed by atoms with van der Waals surface area (Å²) in [7, 11) is 5.14. The van der Waals surface area contributed by atoms with E-state index in [0.717, 1.165) is 37.0 Å². The molecule has 0 saturated carbocycles. The predicted octanol–water partition coefficient (Wildman–Crippen LogP) is 0.947. The van der Waals surface area contributed by atoms with Gasteiger partial charge in [0.25, 0.3) is 0 Å². The minimum absolute atomic E-state index is 0. The van der Waals surface area contributed by atoms with Crippen LogP contribution in [0, 0.1) is 0 Å². The minimum atomic E-state index is -0.238. The number of guanidine groups is 1. The summed E-state index contributed by atoms with van der Waals surface area (Å²) in [6, 6.07) is 0.274. The van der Waals surface area contributed by atoms with E-state index in [0.29, 0.717) is 13.2 Å². The van der Waals surface area contributed by atoms with E-state index in [4.69, 9.17) is 9.47 Å². The van der Waals surface area contributed by atoms with Gasteiger partial charge in [0.2, 0.25) is 0 Å². The van der Waals surface area contributed by atoms with Gasteiger partial charge in [-0.3, -0.25) is 4.99 Å². The highest BCUT2D eigenvalue weighted by molar-refractivity contribution is 14.0. The fourth-order valence-electron chi connectivity index (χ4n) is 2.43. The molecular formula is C15H29IN6O2. The van der Waals surface area contributed by atoms with Gasteiger partial charge in [-0.1, -0.05) is 0 Å². The van der Waals surface area contributed by atoms with Crippen LogP contribution in [0.25, 0.3) is 0 Å². The van der Waals surface area contributed by atoms with Crippen LogP contribution in [0.3, 0.4) is 0 Å². The van der Waals surface area contributed by atoms with Crippen molar-refractivity contribution in [3.8, 4) is 0 Å². The van der Waals surface area contributed by atoms with Crippen LogP contribution in [0.15, 0.2) is 4.99 Å². The summed E-state index contributed by atoms with van der Waals surface area (Å²) in [6.45, 7) is 5.98. The number of hydrogen-bond acceptors (Lipinski definition) is 5. The number of fused-ring (bicyclic) bond motifs is 1. The Morgan fingerprint density at radius 3 is 2.79 bits per heavy atom. The molecule has 1 aliphatic heterocycles. The molecule has 0 fully saturated rings. The predicted molar refractivity (Wildman–Crippen MR) is 104 cm³/mol. The molecule has 0 aliphatic carbocycles. The van der Waals surface area contributed by atoms with Gasteiger partial charge in [0.15, 0.2) is 11.8 Å². The normalized spacial score (nSPS) is 17.9. The summed E-state index contributed by atoms with van der Waals surface area (Å²) >= 11 is 0. The van der Waals surface area contributed by atoms with Crippen molar-refractivity contribution in [1.29, 1.82) is 0 Å². The van der Waals surface area contributed by atoms with E-state index < -0.39 is 0 Å². The topological polar surface area (TPSA) is 85.6 Å². The third kappa shape index (κ3) is 5.85. The Bertz CT molecular complexity index is 546. The molecule has 0 amide bonds. The Kier molecular flexibility index (Phi) is 8.37. The standard InChI is InChI=1S/C15H28N6O2.HI/c1-15(2,23-5)10-17-14(16-3)18-11-6-7-13-19-12(9-22-4)20-21(13)8-11;/h11H,6-10H2,1-5H3,(H2,16,17,18);1H. The zero-order valence-corrected chi connectivity index (χ0v) is 17.5. The molecule has 1 aliphatic rings. The van der Waals surface area contributed by atoms with E-state index in [1.165, 1.54) is 0 Å². The van der Waals surface area contributed by atoms with E-state index in [-0.39, 0.29) is 35.6 Å². The van der Waals surface area contributed by atoms with E-state index in [1.807, 2.05) is 18.5 Å². The first-order chi connectivity index (χ1) is 11.0. The second kappa shape index (κ2) is 9.52. The van der Waals surface area contributed by atoms with Crippen LogP contribution in [0.1, 0.15) is 31.9 Å². The molecule has 0 spiro atoms. The number of methoxy groups -OCH3 is 2. The van der Waals surface area contributed by atoms with Crippen molar-refractivity contribution in [2.45, 2.75) is 51.5 Å². The summed E-state index contributed by atoms with van der Waals surface area (Å²) in [5.41, 5.74) is -0.238. The molecule has 2 heterocycles. The number of halogens is 1. The van der Waals surface area contributed by atoms with Crippen LogP contribution >= 0.6 is 24.0 Å². The zero-order valence-electron chi connectivity index (χ0n) is 15.1. The molecule has 2 rings (SSSR count). The fourth-order valence-corrected chi connectivity index (χ4v) is 2.43. The smallest absolute Gasteiger partial charge is 0.191 e. The minimum Gasteiger partial charge on any atom is -0.377 e. The molecule has 0 aromatic carbocycles. The molecule has 0 saturated heterocycles. The van der Waals surface area contributed by atoms with Gasteiger partial charge in [0.1, 0.15) is 12.4 Å². The first-order valence-corrected chi connectivity index (χ1v) is 7.91. The molecule has 1 unspecified atom stereocenters.